The van der Waals surface area contributed by atoms with Gasteiger partial charge < -0.3 is 14.8 Å². The van der Waals surface area contributed by atoms with Gasteiger partial charge in [0, 0.05) is 5.56 Å². The molecule has 0 aliphatic rings. The topological polar surface area (TPSA) is 64.6 Å². The summed E-state index contributed by atoms with van der Waals surface area (Å²) >= 11 is 0. The fourth-order valence-electron chi connectivity index (χ4n) is 1.93. The summed E-state index contributed by atoms with van der Waals surface area (Å²) in [4.78, 5) is 23.6. The van der Waals surface area contributed by atoms with Gasteiger partial charge in [-0.15, -0.1) is 6.42 Å². The minimum absolute atomic E-state index is 0.0951. The van der Waals surface area contributed by atoms with E-state index in [0.29, 0.717) is 16.9 Å². The quantitative estimate of drug-likeness (QED) is 0.626. The van der Waals surface area contributed by atoms with Gasteiger partial charge in [-0.1, -0.05) is 42.3 Å². The maximum Gasteiger partial charge on any atom is 0.339 e. The summed E-state index contributed by atoms with van der Waals surface area (Å²) in [5, 5.41) is 2.42. The van der Waals surface area contributed by atoms with Crippen LogP contribution in [0.1, 0.15) is 15.9 Å². The Labute approximate surface area is 140 Å². The molecule has 0 heterocycles. The Hall–Kier alpha value is -3.26. The smallest absolute Gasteiger partial charge is 0.339 e. The zero-order valence-electron chi connectivity index (χ0n) is 13.0. The van der Waals surface area contributed by atoms with Crippen LogP contribution in [-0.4, -0.2) is 25.0 Å². The molecule has 1 amide bonds. The van der Waals surface area contributed by atoms with Gasteiger partial charge >= 0.3 is 5.97 Å². The lowest BCUT2D eigenvalue weighted by Crippen LogP contribution is -2.29. The van der Waals surface area contributed by atoms with Gasteiger partial charge in [-0.2, -0.15) is 0 Å². The van der Waals surface area contributed by atoms with E-state index in [2.05, 4.69) is 11.2 Å². The summed E-state index contributed by atoms with van der Waals surface area (Å²) < 4.78 is 10.7. The fourth-order valence-corrected chi connectivity index (χ4v) is 1.93. The molecule has 2 aromatic carbocycles. The third kappa shape index (κ3) is 5.18. The van der Waals surface area contributed by atoms with Crippen molar-refractivity contribution in [3.05, 3.63) is 65.7 Å². The number of carbonyl (C=O) groups excluding carboxylic acids is 2. The number of rotatable bonds is 7. The van der Waals surface area contributed by atoms with Crippen LogP contribution in [0.15, 0.2) is 54.6 Å². The molecule has 5 heteroatoms. The molecule has 0 aliphatic carbocycles. The second-order valence-electron chi connectivity index (χ2n) is 4.82. The number of esters is 1. The molecule has 0 unspecified atom stereocenters. The predicted octanol–water partition coefficient (Wildman–Crippen LogP) is 2.17. The fraction of sp³-hybridized carbons (Fsp3) is 0.158. The van der Waals surface area contributed by atoms with Crippen LogP contribution in [0.4, 0.5) is 0 Å². The van der Waals surface area contributed by atoms with Crippen LogP contribution in [0.3, 0.4) is 0 Å². The van der Waals surface area contributed by atoms with Gasteiger partial charge in [-0.05, 0) is 18.2 Å². The van der Waals surface area contributed by atoms with Crippen molar-refractivity contribution in [3.8, 4) is 18.1 Å². The second kappa shape index (κ2) is 9.01. The standard InChI is InChI=1S/C19H17NO4/c1-2-12-20-18(21)14-24-19(22)17-11-7-6-8-15(17)13-23-16-9-4-3-5-10-16/h1,3-11H,12-14H2,(H,20,21). The highest BCUT2D eigenvalue weighted by atomic mass is 16.5. The molecule has 0 saturated heterocycles. The molecule has 0 bridgehead atoms. The van der Waals surface area contributed by atoms with E-state index in [1.165, 1.54) is 0 Å². The average molecular weight is 323 g/mol. The molecule has 5 nitrogen and oxygen atoms in total. The zero-order valence-corrected chi connectivity index (χ0v) is 13.0. The summed E-state index contributed by atoms with van der Waals surface area (Å²) in [6.07, 6.45) is 5.04. The Balaban J connectivity index is 1.96. The van der Waals surface area contributed by atoms with E-state index in [1.54, 1.807) is 24.3 Å². The number of hydrogen-bond acceptors (Lipinski definition) is 4. The molecule has 2 rings (SSSR count). The Morgan fingerprint density at radius 2 is 1.75 bits per heavy atom. The molecule has 122 valence electrons. The number of benzene rings is 2. The highest BCUT2D eigenvalue weighted by Crippen LogP contribution is 2.15. The van der Waals surface area contributed by atoms with E-state index in [1.807, 2.05) is 30.3 Å². The molecule has 1 N–H and O–H groups in total. The van der Waals surface area contributed by atoms with Crippen LogP contribution in [0.5, 0.6) is 5.75 Å². The van der Waals surface area contributed by atoms with E-state index < -0.39 is 11.9 Å². The first-order chi connectivity index (χ1) is 11.7. The summed E-state index contributed by atoms with van der Waals surface area (Å²) in [6.45, 7) is -0.0646. The summed E-state index contributed by atoms with van der Waals surface area (Å²) in [7, 11) is 0. The maximum atomic E-state index is 12.2. The highest BCUT2D eigenvalue weighted by Gasteiger charge is 2.14. The normalized spacial score (nSPS) is 9.62. The van der Waals surface area contributed by atoms with Crippen molar-refractivity contribution in [3.63, 3.8) is 0 Å². The van der Waals surface area contributed by atoms with E-state index in [0.717, 1.165) is 0 Å². The van der Waals surface area contributed by atoms with Crippen molar-refractivity contribution in [1.29, 1.82) is 0 Å². The molecular weight excluding hydrogens is 306 g/mol. The third-order valence-corrected chi connectivity index (χ3v) is 3.10. The molecule has 0 atom stereocenters. The largest absolute Gasteiger partial charge is 0.489 e. The Morgan fingerprint density at radius 3 is 2.50 bits per heavy atom. The van der Waals surface area contributed by atoms with Crippen molar-refractivity contribution in [2.75, 3.05) is 13.2 Å². The predicted molar refractivity (Wildman–Crippen MR) is 89.3 cm³/mol. The molecule has 0 aromatic heterocycles. The number of para-hydroxylation sites is 1. The van der Waals surface area contributed by atoms with Crippen LogP contribution >= 0.6 is 0 Å². The molecule has 0 fully saturated rings. The van der Waals surface area contributed by atoms with E-state index >= 15 is 0 Å². The molecule has 0 aliphatic heterocycles. The van der Waals surface area contributed by atoms with Crippen molar-refractivity contribution >= 4 is 11.9 Å². The van der Waals surface area contributed by atoms with Gasteiger partial charge in [0.05, 0.1) is 12.1 Å². The lowest BCUT2D eigenvalue weighted by Gasteiger charge is -2.11. The summed E-state index contributed by atoms with van der Waals surface area (Å²) in [5.74, 6) is 1.94. The van der Waals surface area contributed by atoms with E-state index in [4.69, 9.17) is 15.9 Å². The number of carbonyl (C=O) groups is 2. The summed E-state index contributed by atoms with van der Waals surface area (Å²) in [5.41, 5.74) is 1.04. The van der Waals surface area contributed by atoms with Crippen molar-refractivity contribution in [1.82, 2.24) is 5.32 Å². The van der Waals surface area contributed by atoms with Crippen molar-refractivity contribution in [2.24, 2.45) is 0 Å². The molecule has 0 radical (unpaired) electrons. The Morgan fingerprint density at radius 1 is 1.04 bits per heavy atom. The Kier molecular flexibility index (Phi) is 6.42. The zero-order chi connectivity index (χ0) is 17.2. The van der Waals surface area contributed by atoms with Crippen LogP contribution in [-0.2, 0) is 16.1 Å². The van der Waals surface area contributed by atoms with Gasteiger partial charge in [0.1, 0.15) is 12.4 Å². The minimum atomic E-state index is -0.585. The first kappa shape index (κ1) is 17.1. The van der Waals surface area contributed by atoms with Crippen molar-refractivity contribution in [2.45, 2.75) is 6.61 Å². The monoisotopic (exact) mass is 323 g/mol. The summed E-state index contributed by atoms with van der Waals surface area (Å²) in [6, 6.07) is 16.2. The van der Waals surface area contributed by atoms with E-state index in [9.17, 15) is 9.59 Å². The SMILES string of the molecule is C#CCNC(=O)COC(=O)c1ccccc1COc1ccccc1. The van der Waals surface area contributed by atoms with Crippen LogP contribution in [0.2, 0.25) is 0 Å². The number of nitrogens with one attached hydrogen (secondary N) is 1. The number of amides is 1. The van der Waals surface area contributed by atoms with Crippen LogP contribution < -0.4 is 10.1 Å². The van der Waals surface area contributed by atoms with Gasteiger partial charge in [0.25, 0.3) is 5.91 Å². The lowest BCUT2D eigenvalue weighted by molar-refractivity contribution is -0.123. The first-order valence-electron chi connectivity index (χ1n) is 7.33. The van der Waals surface area contributed by atoms with Crippen LogP contribution in [0, 0.1) is 12.3 Å². The highest BCUT2D eigenvalue weighted by molar-refractivity contribution is 5.92. The van der Waals surface area contributed by atoms with Gasteiger partial charge in [-0.3, -0.25) is 4.79 Å². The van der Waals surface area contributed by atoms with Gasteiger partial charge in [-0.25, -0.2) is 4.79 Å². The number of hydrogen-bond donors (Lipinski definition) is 1. The first-order valence-corrected chi connectivity index (χ1v) is 7.33. The molecule has 0 spiro atoms. The second-order valence-corrected chi connectivity index (χ2v) is 4.82. The minimum Gasteiger partial charge on any atom is -0.489 e. The molecule has 2 aromatic rings. The lowest BCUT2D eigenvalue weighted by atomic mass is 10.1. The number of ether oxygens (including phenoxy) is 2. The van der Waals surface area contributed by atoms with Gasteiger partial charge in [0.2, 0.25) is 0 Å². The molecular formula is C19H17NO4. The molecule has 0 saturated carbocycles. The Bertz CT molecular complexity index is 735. The molecule has 24 heavy (non-hydrogen) atoms. The van der Waals surface area contributed by atoms with Gasteiger partial charge in [0.15, 0.2) is 6.61 Å². The third-order valence-electron chi connectivity index (χ3n) is 3.10. The average Bonchev–Trinajstić information content (AvgIpc) is 2.63. The van der Waals surface area contributed by atoms with Crippen molar-refractivity contribution < 1.29 is 19.1 Å². The van der Waals surface area contributed by atoms with E-state index in [-0.39, 0.29) is 19.8 Å². The maximum absolute atomic E-state index is 12.2. The van der Waals surface area contributed by atoms with Crippen LogP contribution in [0.25, 0.3) is 0 Å². The number of terminal acetylenes is 1.